The third-order valence-electron chi connectivity index (χ3n) is 3.48. The quantitative estimate of drug-likeness (QED) is 0.792. The Bertz CT molecular complexity index is 574. The highest BCUT2D eigenvalue weighted by atomic mass is 79.9. The van der Waals surface area contributed by atoms with Gasteiger partial charge in [-0.05, 0) is 37.1 Å². The van der Waals surface area contributed by atoms with E-state index in [1.807, 2.05) is 0 Å². The summed E-state index contributed by atoms with van der Waals surface area (Å²) in [6, 6.07) is 7.07. The number of carbonyl (C=O) groups excluding carboxylic acids is 3. The van der Waals surface area contributed by atoms with Crippen LogP contribution < -0.4 is 5.32 Å². The molecule has 1 heterocycles. The molecule has 1 saturated heterocycles. The van der Waals surface area contributed by atoms with Gasteiger partial charge in [0.25, 0.3) is 5.91 Å². The van der Waals surface area contributed by atoms with Crippen LogP contribution in [0.15, 0.2) is 28.7 Å². The van der Waals surface area contributed by atoms with Crippen molar-refractivity contribution in [2.24, 2.45) is 0 Å². The van der Waals surface area contributed by atoms with E-state index in [1.165, 1.54) is 4.90 Å². The molecule has 7 heteroatoms. The zero-order valence-corrected chi connectivity index (χ0v) is 14.3. The van der Waals surface area contributed by atoms with Crippen LogP contribution in [0.1, 0.15) is 25.7 Å². The van der Waals surface area contributed by atoms with E-state index in [0.717, 1.165) is 23.7 Å². The summed E-state index contributed by atoms with van der Waals surface area (Å²) in [6.45, 7) is 0.111. The highest BCUT2D eigenvalue weighted by Crippen LogP contribution is 2.14. The summed E-state index contributed by atoms with van der Waals surface area (Å²) in [5, 5.41) is 2.63. The number of ether oxygens (including phenoxy) is 1. The number of likely N-dealkylation sites (tertiary alicyclic amines) is 1. The summed E-state index contributed by atoms with van der Waals surface area (Å²) in [7, 11) is 0. The number of rotatable bonds is 5. The first-order valence-electron chi connectivity index (χ1n) is 7.53. The summed E-state index contributed by atoms with van der Waals surface area (Å²) < 4.78 is 5.84. The first kappa shape index (κ1) is 17.5. The molecule has 1 aliphatic heterocycles. The molecule has 1 N–H and O–H groups in total. The highest BCUT2D eigenvalue weighted by molar-refractivity contribution is 9.10. The van der Waals surface area contributed by atoms with Gasteiger partial charge >= 0.3 is 5.97 Å². The van der Waals surface area contributed by atoms with E-state index in [9.17, 15) is 14.4 Å². The summed E-state index contributed by atoms with van der Waals surface area (Å²) in [6.07, 6.45) is 3.22. The van der Waals surface area contributed by atoms with Gasteiger partial charge in [0, 0.05) is 23.1 Å². The largest absolute Gasteiger partial charge is 0.454 e. The molecule has 0 radical (unpaired) electrons. The molecule has 0 saturated carbocycles. The first-order chi connectivity index (χ1) is 11.0. The Hall–Kier alpha value is -1.89. The van der Waals surface area contributed by atoms with Gasteiger partial charge in [0.1, 0.15) is 6.54 Å². The topological polar surface area (TPSA) is 75.7 Å². The smallest absolute Gasteiger partial charge is 0.326 e. The molecule has 0 aromatic heterocycles. The van der Waals surface area contributed by atoms with Crippen LogP contribution in [-0.4, -0.2) is 42.4 Å². The molecule has 124 valence electrons. The number of nitrogens with one attached hydrogen (secondary N) is 1. The number of benzene rings is 1. The molecular weight excluding hydrogens is 364 g/mol. The van der Waals surface area contributed by atoms with Crippen LogP contribution in [-0.2, 0) is 19.1 Å². The first-order valence-corrected chi connectivity index (χ1v) is 8.33. The van der Waals surface area contributed by atoms with E-state index in [2.05, 4.69) is 21.2 Å². The molecule has 0 spiro atoms. The second kappa shape index (κ2) is 8.67. The number of amides is 2. The molecule has 1 fully saturated rings. The van der Waals surface area contributed by atoms with Gasteiger partial charge in [0.15, 0.2) is 6.61 Å². The van der Waals surface area contributed by atoms with Crippen molar-refractivity contribution in [2.45, 2.75) is 25.7 Å². The van der Waals surface area contributed by atoms with Gasteiger partial charge < -0.3 is 15.0 Å². The second-order valence-corrected chi connectivity index (χ2v) is 6.26. The van der Waals surface area contributed by atoms with Crippen molar-refractivity contribution in [2.75, 3.05) is 25.0 Å². The number of hydrogen-bond acceptors (Lipinski definition) is 4. The lowest BCUT2D eigenvalue weighted by Gasteiger charge is -2.19. The molecule has 0 bridgehead atoms. The molecule has 2 rings (SSSR count). The van der Waals surface area contributed by atoms with Gasteiger partial charge in [0.2, 0.25) is 5.91 Å². The molecule has 0 unspecified atom stereocenters. The zero-order chi connectivity index (χ0) is 16.7. The maximum Gasteiger partial charge on any atom is 0.326 e. The predicted octanol–water partition coefficient (Wildman–Crippen LogP) is 2.33. The lowest BCUT2D eigenvalue weighted by atomic mass is 10.2. The fourth-order valence-electron chi connectivity index (χ4n) is 2.28. The number of hydrogen-bond donors (Lipinski definition) is 1. The average Bonchev–Trinajstić information content (AvgIpc) is 2.73. The van der Waals surface area contributed by atoms with Crippen LogP contribution in [0.3, 0.4) is 0 Å². The van der Waals surface area contributed by atoms with Crippen molar-refractivity contribution in [3.05, 3.63) is 28.7 Å². The van der Waals surface area contributed by atoms with Crippen LogP contribution in [0.2, 0.25) is 0 Å². The fourth-order valence-corrected chi connectivity index (χ4v) is 2.55. The Balaban J connectivity index is 1.73. The van der Waals surface area contributed by atoms with E-state index < -0.39 is 11.9 Å². The molecule has 0 aliphatic carbocycles. The lowest BCUT2D eigenvalue weighted by molar-refractivity contribution is -0.151. The van der Waals surface area contributed by atoms with Crippen LogP contribution in [0, 0.1) is 0 Å². The number of nitrogens with zero attached hydrogens (tertiary/aromatic N) is 1. The van der Waals surface area contributed by atoms with E-state index in [4.69, 9.17) is 4.74 Å². The molecule has 23 heavy (non-hydrogen) atoms. The van der Waals surface area contributed by atoms with E-state index in [-0.39, 0.29) is 19.1 Å². The fraction of sp³-hybridized carbons (Fsp3) is 0.438. The molecular formula is C16H19BrN2O4. The van der Waals surface area contributed by atoms with Crippen LogP contribution >= 0.6 is 15.9 Å². The number of anilines is 1. The summed E-state index contributed by atoms with van der Waals surface area (Å²) in [5.74, 6) is -1.01. The number of halogens is 1. The van der Waals surface area contributed by atoms with Crippen molar-refractivity contribution < 1.29 is 19.1 Å². The van der Waals surface area contributed by atoms with Gasteiger partial charge in [-0.15, -0.1) is 0 Å². The molecule has 2 amide bonds. The number of esters is 1. The Morgan fingerprint density at radius 1 is 1.17 bits per heavy atom. The second-order valence-electron chi connectivity index (χ2n) is 5.34. The Morgan fingerprint density at radius 3 is 2.65 bits per heavy atom. The van der Waals surface area contributed by atoms with Gasteiger partial charge in [-0.2, -0.15) is 0 Å². The van der Waals surface area contributed by atoms with Gasteiger partial charge in [-0.1, -0.05) is 22.4 Å². The van der Waals surface area contributed by atoms with Crippen LogP contribution in [0.4, 0.5) is 5.69 Å². The highest BCUT2D eigenvalue weighted by Gasteiger charge is 2.20. The van der Waals surface area contributed by atoms with Crippen LogP contribution in [0.5, 0.6) is 0 Å². The van der Waals surface area contributed by atoms with Crippen molar-refractivity contribution in [1.82, 2.24) is 4.90 Å². The van der Waals surface area contributed by atoms with Gasteiger partial charge in [0.05, 0.1) is 0 Å². The molecule has 1 aromatic rings. The predicted molar refractivity (Wildman–Crippen MR) is 88.8 cm³/mol. The van der Waals surface area contributed by atoms with Crippen molar-refractivity contribution in [3.63, 3.8) is 0 Å². The van der Waals surface area contributed by atoms with E-state index in [0.29, 0.717) is 18.7 Å². The van der Waals surface area contributed by atoms with Gasteiger partial charge in [-0.3, -0.25) is 14.4 Å². The molecule has 1 aliphatic rings. The van der Waals surface area contributed by atoms with Crippen molar-refractivity contribution in [1.29, 1.82) is 0 Å². The van der Waals surface area contributed by atoms with E-state index in [1.54, 1.807) is 24.3 Å². The maximum atomic E-state index is 11.8. The van der Waals surface area contributed by atoms with Gasteiger partial charge in [-0.25, -0.2) is 0 Å². The molecule has 1 aromatic carbocycles. The average molecular weight is 383 g/mol. The summed E-state index contributed by atoms with van der Waals surface area (Å²) >= 11 is 3.30. The summed E-state index contributed by atoms with van der Waals surface area (Å²) in [4.78, 5) is 36.8. The Labute approximate surface area is 143 Å². The standard InChI is InChI=1S/C16H19BrN2O4/c17-12-5-7-13(8-6-12)18-14(20)11-23-16(22)10-19-9-3-1-2-4-15(19)21/h5-8H,1-4,9-11H2,(H,18,20). The maximum absolute atomic E-state index is 11.8. The normalized spacial score (nSPS) is 15.0. The minimum Gasteiger partial charge on any atom is -0.454 e. The van der Waals surface area contributed by atoms with Crippen molar-refractivity contribution in [3.8, 4) is 0 Å². The Morgan fingerprint density at radius 2 is 1.91 bits per heavy atom. The molecule has 6 nitrogen and oxygen atoms in total. The monoisotopic (exact) mass is 382 g/mol. The van der Waals surface area contributed by atoms with Crippen LogP contribution in [0.25, 0.3) is 0 Å². The lowest BCUT2D eigenvalue weighted by Crippen LogP contribution is -2.36. The minimum atomic E-state index is -0.564. The third kappa shape index (κ3) is 6.02. The minimum absolute atomic E-state index is 0.0289. The zero-order valence-electron chi connectivity index (χ0n) is 12.7. The molecule has 0 atom stereocenters. The van der Waals surface area contributed by atoms with Crippen molar-refractivity contribution >= 4 is 39.4 Å². The summed E-state index contributed by atoms with van der Waals surface area (Å²) in [5.41, 5.74) is 0.622. The number of carbonyl (C=O) groups is 3. The Kier molecular flexibility index (Phi) is 6.58. The third-order valence-corrected chi connectivity index (χ3v) is 4.01. The van der Waals surface area contributed by atoms with E-state index >= 15 is 0 Å². The SMILES string of the molecule is O=C(COC(=O)CN1CCCCCC1=O)Nc1ccc(Br)cc1.